The predicted octanol–water partition coefficient (Wildman–Crippen LogP) is 3.15. The molecule has 1 aromatic heterocycles. The molecule has 0 bridgehead atoms. The van der Waals surface area contributed by atoms with Crippen LogP contribution in [0, 0.1) is 17.4 Å². The van der Waals surface area contributed by atoms with Crippen LogP contribution in [0.1, 0.15) is 16.9 Å². The van der Waals surface area contributed by atoms with Gasteiger partial charge in [0.05, 0.1) is 11.7 Å². The van der Waals surface area contributed by atoms with Crippen LogP contribution in [0.25, 0.3) is 11.3 Å². The van der Waals surface area contributed by atoms with Crippen LogP contribution in [-0.2, 0) is 0 Å². The first-order chi connectivity index (χ1) is 14.2. The van der Waals surface area contributed by atoms with Gasteiger partial charge in [-0.25, -0.2) is 0 Å². The van der Waals surface area contributed by atoms with Gasteiger partial charge in [-0.2, -0.15) is 10.4 Å². The van der Waals surface area contributed by atoms with Gasteiger partial charge in [0.15, 0.2) is 6.19 Å². The van der Waals surface area contributed by atoms with E-state index in [1.807, 2.05) is 54.6 Å². The number of piperidine rings is 1. The van der Waals surface area contributed by atoms with Crippen molar-refractivity contribution in [2.45, 2.75) is 18.5 Å². The number of hydrogen-bond acceptors (Lipinski definition) is 5. The number of benzene rings is 2. The number of nitrogens with zero attached hydrogens (tertiary/aromatic N) is 3. The zero-order chi connectivity index (χ0) is 19.8. The Hall–Kier alpha value is -3.79. The number of carbonyl (C=O) groups is 1. The lowest BCUT2D eigenvalue weighted by atomic mass is 10.1. The van der Waals surface area contributed by atoms with Crippen molar-refractivity contribution in [1.29, 1.82) is 5.26 Å². The Morgan fingerprint density at radius 1 is 1.21 bits per heavy atom. The summed E-state index contributed by atoms with van der Waals surface area (Å²) >= 11 is 0. The van der Waals surface area contributed by atoms with Gasteiger partial charge in [-0.3, -0.25) is 9.89 Å². The molecule has 2 aliphatic rings. The van der Waals surface area contributed by atoms with Crippen molar-refractivity contribution in [3.05, 3.63) is 66.4 Å². The quantitative estimate of drug-likeness (QED) is 0.658. The first kappa shape index (κ1) is 17.3. The zero-order valence-electron chi connectivity index (χ0n) is 15.6. The van der Waals surface area contributed by atoms with Gasteiger partial charge in [-0.15, -0.1) is 0 Å². The van der Waals surface area contributed by atoms with Crippen LogP contribution in [0.4, 0.5) is 0 Å². The first-order valence-electron chi connectivity index (χ1n) is 9.58. The van der Waals surface area contributed by atoms with Gasteiger partial charge >= 0.3 is 0 Å². The molecule has 7 nitrogen and oxygen atoms in total. The molecule has 1 aliphatic heterocycles. The van der Waals surface area contributed by atoms with E-state index in [1.165, 1.54) is 0 Å². The van der Waals surface area contributed by atoms with E-state index < -0.39 is 0 Å². The molecule has 5 rings (SSSR count). The molecule has 2 aromatic carbocycles. The zero-order valence-corrected chi connectivity index (χ0v) is 15.6. The Morgan fingerprint density at radius 3 is 2.79 bits per heavy atom. The third-order valence-electron chi connectivity index (χ3n) is 5.52. The van der Waals surface area contributed by atoms with Crippen molar-refractivity contribution < 1.29 is 9.53 Å². The van der Waals surface area contributed by atoms with Crippen molar-refractivity contribution in [3.8, 4) is 28.9 Å². The fourth-order valence-corrected chi connectivity index (χ4v) is 3.95. The SMILES string of the molecule is N#CN1C[C@H](NC(=O)c2cc(-c3ccccc3Oc3ccccc3)n[nH]2)[C@H]2C[C@H]21. The van der Waals surface area contributed by atoms with Crippen molar-refractivity contribution >= 4 is 5.91 Å². The molecule has 0 radical (unpaired) electrons. The smallest absolute Gasteiger partial charge is 0.269 e. The fourth-order valence-electron chi connectivity index (χ4n) is 3.95. The van der Waals surface area contributed by atoms with Crippen LogP contribution in [0.5, 0.6) is 11.5 Å². The Morgan fingerprint density at radius 2 is 2.00 bits per heavy atom. The summed E-state index contributed by atoms with van der Waals surface area (Å²) in [5.74, 6) is 1.57. The number of hydrogen-bond donors (Lipinski definition) is 2. The molecule has 2 N–H and O–H groups in total. The Labute approximate surface area is 167 Å². The molecule has 1 saturated carbocycles. The average Bonchev–Trinajstić information content (AvgIpc) is 3.25. The van der Waals surface area contributed by atoms with E-state index in [1.54, 1.807) is 11.0 Å². The fraction of sp³-hybridized carbons (Fsp3) is 0.227. The standard InChI is InChI=1S/C22H19N5O2/c23-13-27-12-19(16-10-20(16)27)24-22(28)18-11-17(25-26-18)15-8-4-5-9-21(15)29-14-6-2-1-3-7-14/h1-9,11,16,19-20H,10,12H2,(H,24,28)(H,25,26)/t16-,19+,20-/m1/s1. The van der Waals surface area contributed by atoms with Crippen LogP contribution in [0.3, 0.4) is 0 Å². The molecule has 3 aromatic rings. The number of nitrogens with one attached hydrogen (secondary N) is 2. The van der Waals surface area contributed by atoms with Crippen LogP contribution < -0.4 is 10.1 Å². The van der Waals surface area contributed by atoms with Crippen molar-refractivity contribution in [2.24, 2.45) is 5.92 Å². The molecule has 3 atom stereocenters. The first-order valence-corrected chi connectivity index (χ1v) is 9.58. The normalized spacial score (nSPS) is 21.9. The summed E-state index contributed by atoms with van der Waals surface area (Å²) in [6.45, 7) is 0.576. The van der Waals surface area contributed by atoms with Gasteiger partial charge in [0.25, 0.3) is 5.91 Å². The summed E-state index contributed by atoms with van der Waals surface area (Å²) in [5.41, 5.74) is 1.82. The highest BCUT2D eigenvalue weighted by atomic mass is 16.5. The van der Waals surface area contributed by atoms with Gasteiger partial charge in [0.2, 0.25) is 0 Å². The molecule has 0 unspecified atom stereocenters. The molecule has 1 saturated heterocycles. The van der Waals surface area contributed by atoms with E-state index in [0.717, 1.165) is 17.7 Å². The van der Waals surface area contributed by atoms with E-state index in [-0.39, 0.29) is 11.9 Å². The molecule has 2 heterocycles. The lowest BCUT2D eigenvalue weighted by Crippen LogP contribution is -2.39. The van der Waals surface area contributed by atoms with Crippen LogP contribution >= 0.6 is 0 Å². The lowest BCUT2D eigenvalue weighted by Gasteiger charge is -2.15. The Kier molecular flexibility index (Phi) is 4.17. The highest BCUT2D eigenvalue weighted by molar-refractivity contribution is 5.93. The minimum Gasteiger partial charge on any atom is -0.457 e. The Bertz CT molecular complexity index is 1090. The van der Waals surface area contributed by atoms with Crippen molar-refractivity contribution in [1.82, 2.24) is 20.4 Å². The topological polar surface area (TPSA) is 94.0 Å². The maximum absolute atomic E-state index is 12.7. The molecule has 7 heteroatoms. The number of nitriles is 1. The molecule has 0 spiro atoms. The maximum Gasteiger partial charge on any atom is 0.269 e. The molecule has 2 fully saturated rings. The summed E-state index contributed by atoms with van der Waals surface area (Å²) in [6, 6.07) is 19.1. The monoisotopic (exact) mass is 385 g/mol. The number of rotatable bonds is 5. The van der Waals surface area contributed by atoms with Gasteiger partial charge in [0, 0.05) is 24.1 Å². The lowest BCUT2D eigenvalue weighted by molar-refractivity contribution is 0.0928. The largest absolute Gasteiger partial charge is 0.457 e. The molecular weight excluding hydrogens is 366 g/mol. The highest BCUT2D eigenvalue weighted by Gasteiger charge is 2.54. The molecule has 1 aliphatic carbocycles. The minimum absolute atomic E-state index is 0.00704. The van der Waals surface area contributed by atoms with Crippen LogP contribution in [-0.4, -0.2) is 39.6 Å². The number of aromatic nitrogens is 2. The van der Waals surface area contributed by atoms with Gasteiger partial charge in [-0.1, -0.05) is 30.3 Å². The van der Waals surface area contributed by atoms with E-state index in [0.29, 0.717) is 35.6 Å². The van der Waals surface area contributed by atoms with E-state index in [4.69, 9.17) is 10.00 Å². The second-order valence-electron chi connectivity index (χ2n) is 7.38. The summed E-state index contributed by atoms with van der Waals surface area (Å²) in [7, 11) is 0. The number of likely N-dealkylation sites (tertiary alicyclic amines) is 1. The van der Waals surface area contributed by atoms with Crippen molar-refractivity contribution in [3.63, 3.8) is 0 Å². The molecule has 144 valence electrons. The third-order valence-corrected chi connectivity index (χ3v) is 5.52. The third kappa shape index (κ3) is 3.29. The van der Waals surface area contributed by atoms with E-state index in [2.05, 4.69) is 21.7 Å². The average molecular weight is 385 g/mol. The molecule has 29 heavy (non-hydrogen) atoms. The molecular formula is C22H19N5O2. The summed E-state index contributed by atoms with van der Waals surface area (Å²) in [5, 5.41) is 19.3. The van der Waals surface area contributed by atoms with E-state index in [9.17, 15) is 4.79 Å². The minimum atomic E-state index is -0.208. The van der Waals surface area contributed by atoms with Gasteiger partial charge < -0.3 is 15.0 Å². The second kappa shape index (κ2) is 6.99. The van der Waals surface area contributed by atoms with E-state index >= 15 is 0 Å². The highest BCUT2D eigenvalue weighted by Crippen LogP contribution is 2.44. The number of carbonyl (C=O) groups excluding carboxylic acids is 1. The summed E-state index contributed by atoms with van der Waals surface area (Å²) in [6.07, 6.45) is 3.17. The van der Waals surface area contributed by atoms with Crippen LogP contribution in [0.2, 0.25) is 0 Å². The van der Waals surface area contributed by atoms with Gasteiger partial charge in [0.1, 0.15) is 17.2 Å². The maximum atomic E-state index is 12.7. The number of ether oxygens (including phenoxy) is 1. The Balaban J connectivity index is 1.33. The molecule has 1 amide bonds. The predicted molar refractivity (Wildman–Crippen MR) is 106 cm³/mol. The van der Waals surface area contributed by atoms with Crippen LogP contribution in [0.15, 0.2) is 60.7 Å². The van der Waals surface area contributed by atoms with Gasteiger partial charge in [-0.05, 0) is 36.8 Å². The number of fused-ring (bicyclic) bond motifs is 1. The second-order valence-corrected chi connectivity index (χ2v) is 7.38. The van der Waals surface area contributed by atoms with Crippen molar-refractivity contribution in [2.75, 3.05) is 6.54 Å². The number of amides is 1. The number of aromatic amines is 1. The summed E-state index contributed by atoms with van der Waals surface area (Å²) < 4.78 is 5.99. The summed E-state index contributed by atoms with van der Waals surface area (Å²) in [4.78, 5) is 14.4. The number of para-hydroxylation sites is 2. The number of H-pyrrole nitrogens is 1.